The van der Waals surface area contributed by atoms with E-state index in [0.29, 0.717) is 13.1 Å². The zero-order valence-electron chi connectivity index (χ0n) is 9.26. The zero-order chi connectivity index (χ0) is 12.1. The Bertz CT molecular complexity index is 410. The van der Waals surface area contributed by atoms with Crippen LogP contribution in [0.5, 0.6) is 0 Å². The van der Waals surface area contributed by atoms with Gasteiger partial charge in [-0.25, -0.2) is 0 Å². The molecule has 0 aliphatic carbocycles. The van der Waals surface area contributed by atoms with Gasteiger partial charge in [0.1, 0.15) is 6.54 Å². The summed E-state index contributed by atoms with van der Waals surface area (Å²) in [5.74, 6) is 0.647. The van der Waals surface area contributed by atoms with Gasteiger partial charge in [-0.15, -0.1) is 0 Å². The van der Waals surface area contributed by atoms with Crippen LogP contribution in [-0.2, 0) is 11.3 Å². The van der Waals surface area contributed by atoms with E-state index in [9.17, 15) is 9.59 Å². The van der Waals surface area contributed by atoms with Crippen molar-refractivity contribution < 1.29 is 9.59 Å². The van der Waals surface area contributed by atoms with Crippen molar-refractivity contribution in [1.29, 1.82) is 0 Å². The molecule has 0 unspecified atom stereocenters. The van der Waals surface area contributed by atoms with Crippen LogP contribution in [0.3, 0.4) is 0 Å². The second kappa shape index (κ2) is 5.67. The van der Waals surface area contributed by atoms with Crippen molar-refractivity contribution in [2.45, 2.75) is 6.54 Å². The Morgan fingerprint density at radius 1 is 1.47 bits per heavy atom. The van der Waals surface area contributed by atoms with Crippen LogP contribution in [0, 0.1) is 0 Å². The second-order valence-electron chi connectivity index (χ2n) is 3.67. The summed E-state index contributed by atoms with van der Waals surface area (Å²) in [5, 5.41) is 2.77. The van der Waals surface area contributed by atoms with Crippen molar-refractivity contribution in [2.75, 3.05) is 18.8 Å². The molecule has 1 aromatic heterocycles. The summed E-state index contributed by atoms with van der Waals surface area (Å²) < 4.78 is 0. The van der Waals surface area contributed by atoms with E-state index in [-0.39, 0.29) is 17.7 Å². The van der Waals surface area contributed by atoms with Gasteiger partial charge in [0, 0.05) is 31.2 Å². The lowest BCUT2D eigenvalue weighted by molar-refractivity contribution is -0.121. The van der Waals surface area contributed by atoms with E-state index in [1.807, 2.05) is 12.1 Å². The molecule has 0 bridgehead atoms. The van der Waals surface area contributed by atoms with Crippen LogP contribution in [0.15, 0.2) is 24.5 Å². The lowest BCUT2D eigenvalue weighted by Gasteiger charge is -2.13. The third-order valence-corrected chi connectivity index (χ3v) is 3.31. The molecule has 2 rings (SSSR count). The van der Waals surface area contributed by atoms with Gasteiger partial charge in [0.2, 0.25) is 5.91 Å². The highest BCUT2D eigenvalue weighted by atomic mass is 32.2. The van der Waals surface area contributed by atoms with Crippen molar-refractivity contribution in [3.8, 4) is 0 Å². The zero-order valence-corrected chi connectivity index (χ0v) is 10.1. The maximum Gasteiger partial charge on any atom is 0.282 e. The van der Waals surface area contributed by atoms with Gasteiger partial charge in [-0.1, -0.05) is 11.8 Å². The average molecular weight is 251 g/mol. The standard InChI is InChI=1S/C11H13N3O2S/c15-10(8-14-5-6-17-11(14)16)13-7-9-1-3-12-4-2-9/h1-4H,5-8H2,(H,13,15). The number of nitrogens with zero attached hydrogens (tertiary/aromatic N) is 2. The van der Waals surface area contributed by atoms with E-state index in [1.54, 1.807) is 17.3 Å². The largest absolute Gasteiger partial charge is 0.350 e. The summed E-state index contributed by atoms with van der Waals surface area (Å²) in [6.07, 6.45) is 3.37. The third-order valence-electron chi connectivity index (χ3n) is 2.42. The van der Waals surface area contributed by atoms with Crippen LogP contribution in [-0.4, -0.2) is 39.9 Å². The van der Waals surface area contributed by atoms with Crippen molar-refractivity contribution in [1.82, 2.24) is 15.2 Å². The van der Waals surface area contributed by atoms with Gasteiger partial charge in [-0.05, 0) is 17.7 Å². The van der Waals surface area contributed by atoms with Gasteiger partial charge in [-0.2, -0.15) is 0 Å². The SMILES string of the molecule is O=C(CN1CCSC1=O)NCc1ccncc1. The molecular formula is C11H13N3O2S. The Balaban J connectivity index is 1.76. The number of amides is 2. The number of hydrogen-bond acceptors (Lipinski definition) is 4. The number of carbonyl (C=O) groups excluding carboxylic acids is 2. The molecule has 1 aliphatic rings. The third kappa shape index (κ3) is 3.45. The molecule has 0 radical (unpaired) electrons. The molecule has 1 saturated heterocycles. The minimum atomic E-state index is -0.127. The van der Waals surface area contributed by atoms with Crippen LogP contribution in [0.25, 0.3) is 0 Å². The second-order valence-corrected chi connectivity index (χ2v) is 4.71. The van der Waals surface area contributed by atoms with Crippen LogP contribution in [0.4, 0.5) is 4.79 Å². The molecule has 90 valence electrons. The fraction of sp³-hybridized carbons (Fsp3) is 0.364. The predicted molar refractivity (Wildman–Crippen MR) is 65.5 cm³/mol. The Labute approximate surface area is 104 Å². The predicted octanol–water partition coefficient (Wildman–Crippen LogP) is 0.867. The smallest absolute Gasteiger partial charge is 0.282 e. The van der Waals surface area contributed by atoms with Crippen LogP contribution in [0.2, 0.25) is 0 Å². The lowest BCUT2D eigenvalue weighted by atomic mass is 10.3. The maximum absolute atomic E-state index is 11.6. The average Bonchev–Trinajstić information content (AvgIpc) is 2.74. The molecule has 2 heterocycles. The first-order valence-corrected chi connectivity index (χ1v) is 6.31. The fourth-order valence-electron chi connectivity index (χ4n) is 1.50. The molecule has 0 aromatic carbocycles. The number of aromatic nitrogens is 1. The van der Waals surface area contributed by atoms with Crippen LogP contribution < -0.4 is 5.32 Å². The van der Waals surface area contributed by atoms with Crippen LogP contribution >= 0.6 is 11.8 Å². The van der Waals surface area contributed by atoms with Gasteiger partial charge in [0.05, 0.1) is 0 Å². The molecule has 17 heavy (non-hydrogen) atoms. The highest BCUT2D eigenvalue weighted by molar-refractivity contribution is 8.13. The quantitative estimate of drug-likeness (QED) is 0.862. The number of hydrogen-bond donors (Lipinski definition) is 1. The molecule has 1 aliphatic heterocycles. The van der Waals surface area contributed by atoms with E-state index in [0.717, 1.165) is 11.3 Å². The first-order chi connectivity index (χ1) is 8.25. The summed E-state index contributed by atoms with van der Waals surface area (Å²) in [6, 6.07) is 3.69. The Kier molecular flexibility index (Phi) is 3.98. The minimum Gasteiger partial charge on any atom is -0.350 e. The van der Waals surface area contributed by atoms with Gasteiger partial charge < -0.3 is 10.2 Å². The van der Waals surface area contributed by atoms with Gasteiger partial charge in [0.25, 0.3) is 5.24 Å². The molecule has 1 aromatic rings. The van der Waals surface area contributed by atoms with E-state index >= 15 is 0 Å². The van der Waals surface area contributed by atoms with E-state index in [1.165, 1.54) is 11.8 Å². The molecule has 0 atom stereocenters. The molecule has 1 N–H and O–H groups in total. The van der Waals surface area contributed by atoms with E-state index < -0.39 is 0 Å². The van der Waals surface area contributed by atoms with Crippen molar-refractivity contribution >= 4 is 22.9 Å². The molecular weight excluding hydrogens is 238 g/mol. The van der Waals surface area contributed by atoms with E-state index in [2.05, 4.69) is 10.3 Å². The van der Waals surface area contributed by atoms with Gasteiger partial charge in [0.15, 0.2) is 0 Å². The first kappa shape index (κ1) is 11.9. The number of thioether (sulfide) groups is 1. The highest BCUT2D eigenvalue weighted by Gasteiger charge is 2.22. The summed E-state index contributed by atoms with van der Waals surface area (Å²) in [4.78, 5) is 28.3. The summed E-state index contributed by atoms with van der Waals surface area (Å²) in [6.45, 7) is 1.28. The number of nitrogens with one attached hydrogen (secondary N) is 1. The number of rotatable bonds is 4. The van der Waals surface area contributed by atoms with Gasteiger partial charge >= 0.3 is 0 Å². The number of pyridine rings is 1. The molecule has 6 heteroatoms. The van der Waals surface area contributed by atoms with E-state index in [4.69, 9.17) is 0 Å². The normalized spacial score (nSPS) is 15.1. The first-order valence-electron chi connectivity index (χ1n) is 5.33. The summed E-state index contributed by atoms with van der Waals surface area (Å²) in [5.41, 5.74) is 0.996. The van der Waals surface area contributed by atoms with Crippen molar-refractivity contribution in [2.24, 2.45) is 0 Å². The Hall–Kier alpha value is -1.56. The monoisotopic (exact) mass is 251 g/mol. The highest BCUT2D eigenvalue weighted by Crippen LogP contribution is 2.16. The summed E-state index contributed by atoms with van der Waals surface area (Å²) in [7, 11) is 0. The lowest BCUT2D eigenvalue weighted by Crippen LogP contribution is -2.36. The summed E-state index contributed by atoms with van der Waals surface area (Å²) >= 11 is 1.26. The maximum atomic E-state index is 11.6. The molecule has 2 amide bonds. The minimum absolute atomic E-state index is 0.0101. The molecule has 0 spiro atoms. The van der Waals surface area contributed by atoms with Crippen molar-refractivity contribution in [3.05, 3.63) is 30.1 Å². The molecule has 5 nitrogen and oxygen atoms in total. The van der Waals surface area contributed by atoms with Crippen LogP contribution in [0.1, 0.15) is 5.56 Å². The topological polar surface area (TPSA) is 62.3 Å². The number of carbonyl (C=O) groups is 2. The molecule has 1 fully saturated rings. The van der Waals surface area contributed by atoms with Crippen molar-refractivity contribution in [3.63, 3.8) is 0 Å². The Morgan fingerprint density at radius 3 is 2.88 bits per heavy atom. The Morgan fingerprint density at radius 2 is 2.24 bits per heavy atom. The van der Waals surface area contributed by atoms with Gasteiger partial charge in [-0.3, -0.25) is 14.6 Å². The fourth-order valence-corrected chi connectivity index (χ4v) is 2.32. The molecule has 0 saturated carbocycles.